The summed E-state index contributed by atoms with van der Waals surface area (Å²) in [6.45, 7) is 3.90. The SMILES string of the molecule is Cc1ccc(NC(=O)/C(C#N)=C/c2ccc(Cc3cccc(F)c3)cc2)c(C)c1. The molecule has 1 amide bonds. The van der Waals surface area contributed by atoms with Gasteiger partial charge in [0.1, 0.15) is 17.5 Å². The second-order valence-corrected chi connectivity index (χ2v) is 6.99. The summed E-state index contributed by atoms with van der Waals surface area (Å²) < 4.78 is 13.3. The summed E-state index contributed by atoms with van der Waals surface area (Å²) in [7, 11) is 0. The maximum atomic E-state index is 13.3. The van der Waals surface area contributed by atoms with E-state index in [0.29, 0.717) is 12.1 Å². The zero-order valence-corrected chi connectivity index (χ0v) is 16.4. The molecule has 29 heavy (non-hydrogen) atoms. The zero-order chi connectivity index (χ0) is 20.8. The number of benzene rings is 3. The van der Waals surface area contributed by atoms with Gasteiger partial charge < -0.3 is 5.32 Å². The van der Waals surface area contributed by atoms with Gasteiger partial charge >= 0.3 is 0 Å². The number of hydrogen-bond donors (Lipinski definition) is 1. The van der Waals surface area contributed by atoms with Crippen molar-refractivity contribution in [1.82, 2.24) is 0 Å². The molecule has 0 aliphatic rings. The second kappa shape index (κ2) is 8.99. The number of nitrogens with one attached hydrogen (secondary N) is 1. The number of nitriles is 1. The van der Waals surface area contributed by atoms with Gasteiger partial charge in [-0.05, 0) is 66.8 Å². The molecule has 0 radical (unpaired) electrons. The maximum Gasteiger partial charge on any atom is 0.266 e. The Labute approximate surface area is 170 Å². The molecule has 0 bridgehead atoms. The van der Waals surface area contributed by atoms with Crippen molar-refractivity contribution in [2.75, 3.05) is 5.32 Å². The van der Waals surface area contributed by atoms with E-state index in [4.69, 9.17) is 0 Å². The van der Waals surface area contributed by atoms with E-state index >= 15 is 0 Å². The van der Waals surface area contributed by atoms with Gasteiger partial charge in [-0.3, -0.25) is 4.79 Å². The lowest BCUT2D eigenvalue weighted by Crippen LogP contribution is -2.14. The first kappa shape index (κ1) is 20.0. The summed E-state index contributed by atoms with van der Waals surface area (Å²) in [5.74, 6) is -0.696. The molecule has 0 aromatic heterocycles. The number of aryl methyl sites for hydroxylation is 2. The van der Waals surface area contributed by atoms with Gasteiger partial charge in [-0.1, -0.05) is 54.1 Å². The van der Waals surface area contributed by atoms with Gasteiger partial charge in [-0.15, -0.1) is 0 Å². The van der Waals surface area contributed by atoms with Gasteiger partial charge in [0.2, 0.25) is 0 Å². The Balaban J connectivity index is 1.73. The van der Waals surface area contributed by atoms with E-state index in [1.165, 1.54) is 12.1 Å². The van der Waals surface area contributed by atoms with E-state index in [1.807, 2.05) is 68.4 Å². The third-order valence-corrected chi connectivity index (χ3v) is 4.58. The Bertz CT molecular complexity index is 1110. The molecule has 4 heteroatoms. The van der Waals surface area contributed by atoms with Gasteiger partial charge in [-0.2, -0.15) is 5.26 Å². The zero-order valence-electron chi connectivity index (χ0n) is 16.4. The average Bonchev–Trinajstić information content (AvgIpc) is 2.69. The van der Waals surface area contributed by atoms with Crippen molar-refractivity contribution >= 4 is 17.7 Å². The van der Waals surface area contributed by atoms with Crippen LogP contribution in [0.3, 0.4) is 0 Å². The molecular weight excluding hydrogens is 363 g/mol. The third kappa shape index (κ3) is 5.40. The first-order valence-corrected chi connectivity index (χ1v) is 9.28. The van der Waals surface area contributed by atoms with Gasteiger partial charge in [-0.25, -0.2) is 4.39 Å². The van der Waals surface area contributed by atoms with Crippen LogP contribution in [0.1, 0.15) is 27.8 Å². The number of carbonyl (C=O) groups is 1. The van der Waals surface area contributed by atoms with Crippen molar-refractivity contribution in [3.8, 4) is 6.07 Å². The Morgan fingerprint density at radius 2 is 1.79 bits per heavy atom. The highest BCUT2D eigenvalue weighted by Crippen LogP contribution is 2.18. The summed E-state index contributed by atoms with van der Waals surface area (Å²) in [6, 6.07) is 21.7. The molecule has 0 saturated heterocycles. The molecule has 0 unspecified atom stereocenters. The van der Waals surface area contributed by atoms with E-state index < -0.39 is 5.91 Å². The van der Waals surface area contributed by atoms with Crippen LogP contribution in [0.15, 0.2) is 72.3 Å². The predicted octanol–water partition coefficient (Wildman–Crippen LogP) is 5.58. The molecule has 3 nitrogen and oxygen atoms in total. The molecule has 0 atom stereocenters. The smallest absolute Gasteiger partial charge is 0.266 e. The number of nitrogens with zero attached hydrogens (tertiary/aromatic N) is 1. The van der Waals surface area contributed by atoms with Crippen LogP contribution in [0.2, 0.25) is 0 Å². The number of hydrogen-bond acceptors (Lipinski definition) is 2. The van der Waals surface area contributed by atoms with Crippen LogP contribution in [-0.4, -0.2) is 5.91 Å². The summed E-state index contributed by atoms with van der Waals surface area (Å²) in [6.07, 6.45) is 2.17. The molecule has 3 aromatic carbocycles. The second-order valence-electron chi connectivity index (χ2n) is 6.99. The molecule has 0 saturated carbocycles. The van der Waals surface area contributed by atoms with Crippen LogP contribution in [-0.2, 0) is 11.2 Å². The van der Waals surface area contributed by atoms with E-state index in [2.05, 4.69) is 5.32 Å². The average molecular weight is 384 g/mol. The first-order chi connectivity index (χ1) is 13.9. The summed E-state index contributed by atoms with van der Waals surface area (Å²) in [4.78, 5) is 12.5. The minimum Gasteiger partial charge on any atom is -0.321 e. The predicted molar refractivity (Wildman–Crippen MR) is 114 cm³/mol. The quantitative estimate of drug-likeness (QED) is 0.461. The Kier molecular flexibility index (Phi) is 6.21. The molecule has 0 aliphatic carbocycles. The van der Waals surface area contributed by atoms with Crippen molar-refractivity contribution in [3.63, 3.8) is 0 Å². The molecule has 144 valence electrons. The Hall–Kier alpha value is -3.71. The molecule has 0 aliphatic heterocycles. The Morgan fingerprint density at radius 1 is 1.03 bits per heavy atom. The minimum absolute atomic E-state index is 0.0304. The van der Waals surface area contributed by atoms with Crippen molar-refractivity contribution < 1.29 is 9.18 Å². The van der Waals surface area contributed by atoms with Crippen molar-refractivity contribution in [1.29, 1.82) is 5.26 Å². The monoisotopic (exact) mass is 384 g/mol. The number of carbonyl (C=O) groups excluding carboxylic acids is 1. The van der Waals surface area contributed by atoms with Gasteiger partial charge in [0, 0.05) is 5.69 Å². The number of halogens is 1. The van der Waals surface area contributed by atoms with Crippen molar-refractivity contribution in [2.45, 2.75) is 20.3 Å². The number of amides is 1. The van der Waals surface area contributed by atoms with Crippen LogP contribution in [0.4, 0.5) is 10.1 Å². The lowest BCUT2D eigenvalue weighted by atomic mass is 10.0. The standard InChI is InChI=1S/C25H21FN2O/c1-17-6-11-24(18(2)12-17)28-25(29)22(16-27)14-20-9-7-19(8-10-20)13-21-4-3-5-23(26)15-21/h3-12,14-15H,13H2,1-2H3,(H,28,29)/b22-14+. The number of anilines is 1. The van der Waals surface area contributed by atoms with Gasteiger partial charge in [0.05, 0.1) is 0 Å². The molecule has 1 N–H and O–H groups in total. The fourth-order valence-corrected chi connectivity index (χ4v) is 3.07. The first-order valence-electron chi connectivity index (χ1n) is 9.28. The lowest BCUT2D eigenvalue weighted by molar-refractivity contribution is -0.112. The van der Waals surface area contributed by atoms with Crippen LogP contribution in [0.5, 0.6) is 0 Å². The molecular formula is C25H21FN2O. The van der Waals surface area contributed by atoms with Gasteiger partial charge in [0.15, 0.2) is 0 Å². The van der Waals surface area contributed by atoms with Crippen molar-refractivity contribution in [3.05, 3.63) is 106 Å². The van der Waals surface area contributed by atoms with Crippen LogP contribution in [0, 0.1) is 31.0 Å². The minimum atomic E-state index is -0.441. The topological polar surface area (TPSA) is 52.9 Å². The van der Waals surface area contributed by atoms with E-state index in [-0.39, 0.29) is 11.4 Å². The summed E-state index contributed by atoms with van der Waals surface area (Å²) in [5.41, 5.74) is 5.42. The summed E-state index contributed by atoms with van der Waals surface area (Å²) in [5, 5.41) is 12.2. The van der Waals surface area contributed by atoms with Gasteiger partial charge in [0.25, 0.3) is 5.91 Å². The highest BCUT2D eigenvalue weighted by Gasteiger charge is 2.11. The normalized spacial score (nSPS) is 11.0. The fourth-order valence-electron chi connectivity index (χ4n) is 3.07. The van der Waals surface area contributed by atoms with E-state index in [1.54, 1.807) is 12.1 Å². The van der Waals surface area contributed by atoms with Crippen LogP contribution < -0.4 is 5.32 Å². The molecule has 0 heterocycles. The molecule has 3 aromatic rings. The molecule has 0 fully saturated rings. The largest absolute Gasteiger partial charge is 0.321 e. The van der Waals surface area contributed by atoms with Crippen LogP contribution in [0.25, 0.3) is 6.08 Å². The molecule has 3 rings (SSSR count). The third-order valence-electron chi connectivity index (χ3n) is 4.58. The van der Waals surface area contributed by atoms with E-state index in [0.717, 1.165) is 27.8 Å². The molecule has 0 spiro atoms. The fraction of sp³-hybridized carbons (Fsp3) is 0.120. The Morgan fingerprint density at radius 3 is 2.45 bits per heavy atom. The number of rotatable bonds is 5. The van der Waals surface area contributed by atoms with Crippen LogP contribution >= 0.6 is 0 Å². The van der Waals surface area contributed by atoms with Crippen molar-refractivity contribution in [2.24, 2.45) is 0 Å². The lowest BCUT2D eigenvalue weighted by Gasteiger charge is -2.08. The summed E-state index contributed by atoms with van der Waals surface area (Å²) >= 11 is 0. The highest BCUT2D eigenvalue weighted by molar-refractivity contribution is 6.09. The highest BCUT2D eigenvalue weighted by atomic mass is 19.1. The van der Waals surface area contributed by atoms with E-state index in [9.17, 15) is 14.4 Å². The maximum absolute atomic E-state index is 13.3.